The van der Waals surface area contributed by atoms with Gasteiger partial charge in [-0.25, -0.2) is 33.4 Å². The quantitative estimate of drug-likeness (QED) is 0.338. The fraction of sp³-hybridized carbons (Fsp3) is 0.345. The van der Waals surface area contributed by atoms with Gasteiger partial charge >= 0.3 is 5.69 Å². The Morgan fingerprint density at radius 1 is 1.14 bits per heavy atom. The third-order valence-electron chi connectivity index (χ3n) is 7.24. The number of benzene rings is 1. The lowest BCUT2D eigenvalue weighted by atomic mass is 10.0. The molecule has 1 aromatic carbocycles. The van der Waals surface area contributed by atoms with Gasteiger partial charge in [-0.3, -0.25) is 4.79 Å². The Hall–Kier alpha value is -5.12. The molecule has 1 saturated heterocycles. The summed E-state index contributed by atoms with van der Waals surface area (Å²) in [7, 11) is 0. The normalized spacial score (nSPS) is 15.0. The second-order valence-electron chi connectivity index (χ2n) is 10.1. The van der Waals surface area contributed by atoms with E-state index in [0.717, 1.165) is 21.2 Å². The molecule has 1 N–H and O–H groups in total. The summed E-state index contributed by atoms with van der Waals surface area (Å²) in [6.45, 7) is 7.90. The molecule has 5 rings (SSSR count). The molecule has 1 aliphatic rings. The number of aryl methyl sites for hydroxylation is 1. The molecule has 1 amide bonds. The highest BCUT2D eigenvalue weighted by molar-refractivity contribution is 5.72. The number of nitriles is 1. The Morgan fingerprint density at radius 3 is 2.60 bits per heavy atom. The average molecular weight is 571 g/mol. The Morgan fingerprint density at radius 2 is 1.93 bits per heavy atom. The Kier molecular flexibility index (Phi) is 8.24. The molecule has 1 fully saturated rings. The number of pyridine rings is 1. The van der Waals surface area contributed by atoms with Gasteiger partial charge in [-0.15, -0.1) is 0 Å². The number of halogens is 1. The van der Waals surface area contributed by atoms with Crippen LogP contribution in [0.2, 0.25) is 0 Å². The fourth-order valence-corrected chi connectivity index (χ4v) is 4.95. The molecule has 0 bridgehead atoms. The molecule has 0 spiro atoms. The van der Waals surface area contributed by atoms with Crippen LogP contribution in [0.1, 0.15) is 31.9 Å². The van der Waals surface area contributed by atoms with Crippen molar-refractivity contribution in [3.05, 3.63) is 76.6 Å². The molecule has 0 radical (unpaired) electrons. The number of hydrogen-bond acceptors (Lipinski definition) is 9. The standard InChI is InChI=1S/C29H31FN10O2/c1-4-21-14-34-28(35-15-21)37-9-10-38(19(2)17-37)27-23(13-31)11-24(16-33-27)22-5-6-26(25(30)12-22)39-18-36-40(29(39)42)8-7-32-20(3)41/h5-6,11-12,14-16,18-19H,4,7-10,17H2,1-3H3,(H,32,41). The van der Waals surface area contributed by atoms with Crippen molar-refractivity contribution in [2.45, 2.75) is 39.8 Å². The van der Waals surface area contributed by atoms with Crippen LogP contribution in [0.5, 0.6) is 0 Å². The van der Waals surface area contributed by atoms with Crippen LogP contribution in [0, 0.1) is 17.1 Å². The smallest absolute Gasteiger partial charge is 0.350 e. The first-order valence-corrected chi connectivity index (χ1v) is 13.7. The number of carbonyl (C=O) groups is 1. The summed E-state index contributed by atoms with van der Waals surface area (Å²) in [6, 6.07) is 8.46. The lowest BCUT2D eigenvalue weighted by molar-refractivity contribution is -0.119. The van der Waals surface area contributed by atoms with Gasteiger partial charge in [-0.2, -0.15) is 10.4 Å². The molecule has 0 aliphatic carbocycles. The van der Waals surface area contributed by atoms with E-state index in [-0.39, 0.29) is 30.7 Å². The van der Waals surface area contributed by atoms with Crippen LogP contribution in [0.4, 0.5) is 16.2 Å². The molecule has 4 heterocycles. The van der Waals surface area contributed by atoms with Crippen LogP contribution in [0.15, 0.2) is 54.0 Å². The minimum Gasteiger partial charge on any atom is -0.354 e. The summed E-state index contributed by atoms with van der Waals surface area (Å²) in [6.07, 6.45) is 7.46. The van der Waals surface area contributed by atoms with Crippen molar-refractivity contribution in [1.82, 2.24) is 34.6 Å². The number of aromatic nitrogens is 6. The highest BCUT2D eigenvalue weighted by atomic mass is 19.1. The maximum absolute atomic E-state index is 15.2. The van der Waals surface area contributed by atoms with E-state index in [4.69, 9.17) is 0 Å². The van der Waals surface area contributed by atoms with E-state index in [1.165, 1.54) is 25.4 Å². The van der Waals surface area contributed by atoms with Crippen molar-refractivity contribution in [1.29, 1.82) is 5.26 Å². The zero-order valence-corrected chi connectivity index (χ0v) is 23.7. The van der Waals surface area contributed by atoms with E-state index in [1.54, 1.807) is 18.3 Å². The predicted molar refractivity (Wildman–Crippen MR) is 155 cm³/mol. The van der Waals surface area contributed by atoms with E-state index in [2.05, 4.69) is 55.1 Å². The molecule has 1 unspecified atom stereocenters. The van der Waals surface area contributed by atoms with Crippen LogP contribution in [-0.2, 0) is 17.8 Å². The number of amides is 1. The number of anilines is 2. The molecule has 1 aliphatic heterocycles. The van der Waals surface area contributed by atoms with E-state index in [9.17, 15) is 14.9 Å². The SMILES string of the molecule is CCc1cnc(N2CCN(c3ncc(-c4ccc(-n5cnn(CCNC(C)=O)c5=O)c(F)c4)cc3C#N)C(C)C2)nc1. The van der Waals surface area contributed by atoms with Crippen molar-refractivity contribution < 1.29 is 9.18 Å². The fourth-order valence-electron chi connectivity index (χ4n) is 4.95. The van der Waals surface area contributed by atoms with Crippen LogP contribution in [-0.4, -0.2) is 67.4 Å². The number of hydrogen-bond donors (Lipinski definition) is 1. The summed E-state index contributed by atoms with van der Waals surface area (Å²) in [5, 5.41) is 16.6. The summed E-state index contributed by atoms with van der Waals surface area (Å²) in [4.78, 5) is 41.6. The topological polar surface area (TPSA) is 138 Å². The zero-order valence-electron chi connectivity index (χ0n) is 23.7. The predicted octanol–water partition coefficient (Wildman–Crippen LogP) is 2.31. The van der Waals surface area contributed by atoms with Crippen LogP contribution >= 0.6 is 0 Å². The van der Waals surface area contributed by atoms with Crippen molar-refractivity contribution in [2.24, 2.45) is 0 Å². The molecule has 3 aromatic heterocycles. The Labute approximate surface area is 242 Å². The maximum atomic E-state index is 15.2. The maximum Gasteiger partial charge on any atom is 0.350 e. The molecule has 1 atom stereocenters. The van der Waals surface area contributed by atoms with Crippen molar-refractivity contribution in [3.63, 3.8) is 0 Å². The lowest BCUT2D eigenvalue weighted by Crippen LogP contribution is -2.53. The summed E-state index contributed by atoms with van der Waals surface area (Å²) < 4.78 is 17.5. The van der Waals surface area contributed by atoms with Crippen molar-refractivity contribution in [3.8, 4) is 22.9 Å². The van der Waals surface area contributed by atoms with E-state index in [1.807, 2.05) is 12.4 Å². The molecule has 216 valence electrons. The van der Waals surface area contributed by atoms with E-state index < -0.39 is 11.5 Å². The number of nitrogens with zero attached hydrogens (tertiary/aromatic N) is 9. The summed E-state index contributed by atoms with van der Waals surface area (Å²) in [5.74, 6) is 0.419. The minimum absolute atomic E-state index is 0.0413. The number of carbonyl (C=O) groups excluding carboxylic acids is 1. The van der Waals surface area contributed by atoms with E-state index in [0.29, 0.717) is 48.1 Å². The van der Waals surface area contributed by atoms with Crippen LogP contribution in [0.25, 0.3) is 16.8 Å². The molecule has 42 heavy (non-hydrogen) atoms. The molecule has 0 saturated carbocycles. The monoisotopic (exact) mass is 570 g/mol. The third kappa shape index (κ3) is 5.83. The van der Waals surface area contributed by atoms with Crippen LogP contribution in [0.3, 0.4) is 0 Å². The number of piperazine rings is 1. The molecular formula is C29H31FN10O2. The van der Waals surface area contributed by atoms with Crippen molar-refractivity contribution in [2.75, 3.05) is 36.0 Å². The summed E-state index contributed by atoms with van der Waals surface area (Å²) in [5.41, 5.74) is 2.09. The molecule has 12 nitrogen and oxygen atoms in total. The lowest BCUT2D eigenvalue weighted by Gasteiger charge is -2.40. The van der Waals surface area contributed by atoms with Crippen molar-refractivity contribution >= 4 is 17.7 Å². The second-order valence-corrected chi connectivity index (χ2v) is 10.1. The average Bonchev–Trinajstić information content (AvgIpc) is 3.36. The van der Waals surface area contributed by atoms with Gasteiger partial charge in [-0.05, 0) is 42.7 Å². The van der Waals surface area contributed by atoms with Crippen LogP contribution < -0.4 is 20.8 Å². The minimum atomic E-state index is -0.627. The first-order chi connectivity index (χ1) is 20.3. The highest BCUT2D eigenvalue weighted by Gasteiger charge is 2.28. The first-order valence-electron chi connectivity index (χ1n) is 13.7. The van der Waals surface area contributed by atoms with Gasteiger partial charge in [-0.1, -0.05) is 13.0 Å². The number of rotatable bonds is 8. The van der Waals surface area contributed by atoms with Gasteiger partial charge < -0.3 is 15.1 Å². The van der Waals surface area contributed by atoms with Gasteiger partial charge in [0.25, 0.3) is 0 Å². The summed E-state index contributed by atoms with van der Waals surface area (Å²) >= 11 is 0. The second kappa shape index (κ2) is 12.2. The Bertz CT molecular complexity index is 1690. The van der Waals surface area contributed by atoms with Gasteiger partial charge in [0, 0.05) is 63.3 Å². The molecular weight excluding hydrogens is 539 g/mol. The number of nitrogens with one attached hydrogen (secondary N) is 1. The van der Waals surface area contributed by atoms with Gasteiger partial charge in [0.15, 0.2) is 0 Å². The molecule has 4 aromatic rings. The third-order valence-corrected chi connectivity index (χ3v) is 7.24. The van der Waals surface area contributed by atoms with Gasteiger partial charge in [0.1, 0.15) is 24.0 Å². The van der Waals surface area contributed by atoms with Gasteiger partial charge in [0.05, 0.1) is 17.8 Å². The zero-order chi connectivity index (χ0) is 29.8. The largest absolute Gasteiger partial charge is 0.354 e. The Balaban J connectivity index is 1.32. The molecule has 13 heteroatoms. The first kappa shape index (κ1) is 28.4. The van der Waals surface area contributed by atoms with Gasteiger partial charge in [0.2, 0.25) is 11.9 Å². The highest BCUT2D eigenvalue weighted by Crippen LogP contribution is 2.29. The van der Waals surface area contributed by atoms with E-state index >= 15 is 4.39 Å².